The molecule has 0 atom stereocenters. The van der Waals surface area contributed by atoms with Crippen LogP contribution in [0, 0.1) is 20.8 Å². The average Bonchev–Trinajstić information content (AvgIpc) is 0.811. The first-order valence-corrected chi connectivity index (χ1v) is 1.50. The van der Waals surface area contributed by atoms with Crippen LogP contribution in [0.2, 0.25) is 0 Å². The minimum Gasteiger partial charge on any atom is -1.00 e. The molecular formula is C6H18Mg2Sr. The van der Waals surface area contributed by atoms with Gasteiger partial charge in [0.1, 0.15) is 0 Å². The molecular weight excluding hydrogens is 208 g/mol. The number of hydrogen-bond donors (Lipinski definition) is 0. The van der Waals surface area contributed by atoms with Crippen LogP contribution >= 0.6 is 0 Å². The van der Waals surface area contributed by atoms with Crippen molar-refractivity contribution < 1.29 is 4.28 Å². The molecule has 0 aliphatic rings. The van der Waals surface area contributed by atoms with Crippen molar-refractivity contribution in [1.29, 1.82) is 0 Å². The van der Waals surface area contributed by atoms with Crippen LogP contribution in [0.5, 0.6) is 0 Å². The Balaban J connectivity index is -0.00000000161. The predicted octanol–water partition coefficient (Wildman–Crippen LogP) is 1.72. The van der Waals surface area contributed by atoms with Crippen molar-refractivity contribution in [1.82, 2.24) is 0 Å². The quantitative estimate of drug-likeness (QED) is 0.436. The molecule has 48 valence electrons. The van der Waals surface area contributed by atoms with Gasteiger partial charge in [0, 0.05) is 0 Å². The van der Waals surface area contributed by atoms with Crippen LogP contribution in [0.4, 0.5) is 0 Å². The second-order valence-electron chi connectivity index (χ2n) is 1.50. The topological polar surface area (TPSA) is 0 Å². The van der Waals surface area contributed by atoms with Crippen molar-refractivity contribution in [2.75, 3.05) is 0 Å². The Morgan fingerprint density at radius 2 is 0.889 bits per heavy atom. The van der Waals surface area contributed by atoms with Crippen molar-refractivity contribution in [3.63, 3.8) is 0 Å². The summed E-state index contributed by atoms with van der Waals surface area (Å²) in [6.45, 7) is 6.25. The molecule has 9 heavy (non-hydrogen) atoms. The van der Waals surface area contributed by atoms with Gasteiger partial charge >= 0.3 is 91.6 Å². The van der Waals surface area contributed by atoms with E-state index in [-0.39, 0.29) is 111 Å². The molecule has 0 aromatic rings. The Hall–Kier alpha value is 3.01. The summed E-state index contributed by atoms with van der Waals surface area (Å²) >= 11 is 0. The summed E-state index contributed by atoms with van der Waals surface area (Å²) in [5, 5.41) is 0. The summed E-state index contributed by atoms with van der Waals surface area (Å²) in [7, 11) is 0. The maximum Gasteiger partial charge on any atom is 2.00 e. The third-order valence-corrected chi connectivity index (χ3v) is 0. The van der Waals surface area contributed by atoms with Crippen LogP contribution in [0.25, 0.3) is 0 Å². The molecule has 0 fully saturated rings. The van der Waals surface area contributed by atoms with Gasteiger partial charge < -0.3 is 25.1 Å². The Labute approximate surface area is 135 Å². The standard InChI is InChI=1S/C4H9.2CH3.2Mg.Sr.3H/c1-4(2)3;;;;;;;;/h1-3H3;2*1H3;;;;;;/q3*-1;3*+2;3*-1. The maximum atomic E-state index is 2.08. The minimum atomic E-state index is 0. The molecule has 0 nitrogen and oxygen atoms in total. The van der Waals surface area contributed by atoms with Crippen LogP contribution in [0.15, 0.2) is 0 Å². The molecule has 0 amide bonds. The summed E-state index contributed by atoms with van der Waals surface area (Å²) < 4.78 is 0. The molecule has 0 saturated carbocycles. The van der Waals surface area contributed by atoms with Gasteiger partial charge in [-0.25, -0.2) is 0 Å². The first-order chi connectivity index (χ1) is 1.73. The van der Waals surface area contributed by atoms with Crippen molar-refractivity contribution >= 4 is 91.6 Å². The van der Waals surface area contributed by atoms with Gasteiger partial charge in [0.2, 0.25) is 0 Å². The summed E-state index contributed by atoms with van der Waals surface area (Å²) in [4.78, 5) is 0. The molecule has 0 radical (unpaired) electrons. The molecule has 0 heterocycles. The van der Waals surface area contributed by atoms with E-state index in [1.54, 1.807) is 0 Å². The van der Waals surface area contributed by atoms with Gasteiger partial charge in [0.15, 0.2) is 0 Å². The zero-order chi connectivity index (χ0) is 3.58. The molecule has 3 heteroatoms. The van der Waals surface area contributed by atoms with Crippen molar-refractivity contribution in [3.8, 4) is 0 Å². The van der Waals surface area contributed by atoms with Gasteiger partial charge in [-0.2, -0.15) is 20.8 Å². The fourth-order valence-corrected chi connectivity index (χ4v) is 0. The predicted molar refractivity (Wildman–Crippen MR) is 53.7 cm³/mol. The molecule has 0 rings (SSSR count). The van der Waals surface area contributed by atoms with Crippen LogP contribution in [0.1, 0.15) is 25.1 Å². The molecule has 0 aromatic carbocycles. The van der Waals surface area contributed by atoms with Crippen molar-refractivity contribution in [3.05, 3.63) is 20.8 Å². The smallest absolute Gasteiger partial charge is 1.00 e. The molecule has 0 aliphatic heterocycles. The zero-order valence-corrected chi connectivity index (χ0v) is 13.9. The van der Waals surface area contributed by atoms with Crippen molar-refractivity contribution in [2.45, 2.75) is 20.8 Å². The van der Waals surface area contributed by atoms with Crippen LogP contribution in [-0.2, 0) is 0 Å². The molecule has 0 aromatic heterocycles. The Bertz CT molecular complexity index is 25.5. The fraction of sp³-hybridized carbons (Fsp3) is 0.500. The zero-order valence-electron chi connectivity index (χ0n) is 10.6. The minimum absolute atomic E-state index is 0. The van der Waals surface area contributed by atoms with Gasteiger partial charge in [-0.15, -0.1) is 0 Å². The van der Waals surface area contributed by atoms with Gasteiger partial charge in [-0.05, 0) is 0 Å². The van der Waals surface area contributed by atoms with Gasteiger partial charge in [-0.1, -0.05) is 0 Å². The van der Waals surface area contributed by atoms with E-state index in [0.717, 1.165) is 0 Å². The maximum absolute atomic E-state index is 2.08. The van der Waals surface area contributed by atoms with Crippen molar-refractivity contribution in [2.24, 2.45) is 0 Å². The van der Waals surface area contributed by atoms with E-state index in [1.165, 1.54) is 5.92 Å². The van der Waals surface area contributed by atoms with Gasteiger partial charge in [0.25, 0.3) is 0 Å². The van der Waals surface area contributed by atoms with E-state index < -0.39 is 0 Å². The molecule has 0 unspecified atom stereocenters. The Morgan fingerprint density at radius 1 is 0.889 bits per heavy atom. The monoisotopic (exact) mass is 226 g/mol. The molecule has 0 aliphatic carbocycles. The molecule has 0 spiro atoms. The summed E-state index contributed by atoms with van der Waals surface area (Å²) in [6, 6.07) is 0. The summed E-state index contributed by atoms with van der Waals surface area (Å²) in [6.07, 6.45) is 0. The number of hydrogen-bond acceptors (Lipinski definition) is 0. The van der Waals surface area contributed by atoms with Crippen LogP contribution < -0.4 is 0 Å². The van der Waals surface area contributed by atoms with E-state index >= 15 is 0 Å². The van der Waals surface area contributed by atoms with E-state index in [4.69, 9.17) is 0 Å². The Morgan fingerprint density at radius 3 is 0.889 bits per heavy atom. The van der Waals surface area contributed by atoms with E-state index in [9.17, 15) is 0 Å². The third-order valence-electron chi connectivity index (χ3n) is 0. The number of rotatable bonds is 0. The fourth-order valence-electron chi connectivity index (χ4n) is 0. The first-order valence-electron chi connectivity index (χ1n) is 1.50. The van der Waals surface area contributed by atoms with E-state index in [1.807, 2.05) is 0 Å². The van der Waals surface area contributed by atoms with Gasteiger partial charge in [0.05, 0.1) is 0 Å². The first kappa shape index (κ1) is 40.3. The normalized spacial score (nSPS) is 4.00. The SMILES string of the molecule is C[C-](C)C.[CH3-].[CH3-].[H-].[H-].[H-].[Mg+2].[Mg+2].[Sr+2]. The second-order valence-corrected chi connectivity index (χ2v) is 1.50. The van der Waals surface area contributed by atoms with E-state index in [2.05, 4.69) is 20.8 Å². The van der Waals surface area contributed by atoms with Gasteiger partial charge in [-0.3, -0.25) is 0 Å². The van der Waals surface area contributed by atoms with Crippen LogP contribution in [0.3, 0.4) is 0 Å². The average molecular weight is 226 g/mol. The summed E-state index contributed by atoms with van der Waals surface area (Å²) in [5.74, 6) is 1.42. The third kappa shape index (κ3) is 98.5. The van der Waals surface area contributed by atoms with E-state index in [0.29, 0.717) is 0 Å². The largest absolute Gasteiger partial charge is 2.00 e. The molecule has 0 saturated heterocycles. The second kappa shape index (κ2) is 30.5. The van der Waals surface area contributed by atoms with Crippen LogP contribution in [-0.4, -0.2) is 91.6 Å². The summed E-state index contributed by atoms with van der Waals surface area (Å²) in [5.41, 5.74) is 0. The Kier molecular flexibility index (Phi) is 137. The molecule has 0 bridgehead atoms. The molecule has 0 N–H and O–H groups in total.